The zero-order chi connectivity index (χ0) is 13.8. The minimum atomic E-state index is 0.268. The normalized spacial score (nSPS) is 18.5. The van der Waals surface area contributed by atoms with Gasteiger partial charge in [-0.25, -0.2) is 0 Å². The monoisotopic (exact) mass is 262 g/mol. The highest BCUT2D eigenvalue weighted by Crippen LogP contribution is 2.36. The molecule has 0 bridgehead atoms. The molecule has 0 amide bonds. The van der Waals surface area contributed by atoms with E-state index in [1.165, 1.54) is 11.1 Å². The molecule has 2 aromatic carbocycles. The van der Waals surface area contributed by atoms with Crippen LogP contribution in [0, 0.1) is 11.3 Å². The third-order valence-corrected chi connectivity index (χ3v) is 4.08. The van der Waals surface area contributed by atoms with Crippen LogP contribution in [0.25, 0.3) is 0 Å². The molecule has 1 atom stereocenters. The van der Waals surface area contributed by atoms with Crippen molar-refractivity contribution < 1.29 is 0 Å². The van der Waals surface area contributed by atoms with E-state index >= 15 is 0 Å². The lowest BCUT2D eigenvalue weighted by atomic mass is 9.89. The Hall–Kier alpha value is -2.11. The summed E-state index contributed by atoms with van der Waals surface area (Å²) >= 11 is 0. The second kappa shape index (κ2) is 5.90. The molecule has 0 saturated carbocycles. The highest BCUT2D eigenvalue weighted by molar-refractivity contribution is 5.32. The summed E-state index contributed by atoms with van der Waals surface area (Å²) in [6, 6.07) is 24.1. The molecule has 0 spiro atoms. The van der Waals surface area contributed by atoms with Gasteiger partial charge in [0.25, 0.3) is 0 Å². The summed E-state index contributed by atoms with van der Waals surface area (Å²) < 4.78 is 0. The lowest BCUT2D eigenvalue weighted by Crippen LogP contribution is -2.49. The molecule has 0 aliphatic carbocycles. The van der Waals surface area contributed by atoms with E-state index in [9.17, 15) is 0 Å². The van der Waals surface area contributed by atoms with Gasteiger partial charge >= 0.3 is 0 Å². The zero-order valence-electron chi connectivity index (χ0n) is 11.4. The molecule has 1 saturated heterocycles. The first-order valence-corrected chi connectivity index (χ1v) is 7.12. The molecular formula is C18H18N2. The van der Waals surface area contributed by atoms with E-state index in [4.69, 9.17) is 5.26 Å². The fourth-order valence-corrected chi connectivity index (χ4v) is 2.97. The van der Waals surface area contributed by atoms with Crippen LogP contribution in [0.5, 0.6) is 0 Å². The molecule has 0 N–H and O–H groups in total. The van der Waals surface area contributed by atoms with Crippen molar-refractivity contribution >= 4 is 0 Å². The molecule has 1 aliphatic heterocycles. The first-order chi connectivity index (χ1) is 9.90. The van der Waals surface area contributed by atoms with Gasteiger partial charge in [0.15, 0.2) is 0 Å². The molecule has 1 heterocycles. The molecule has 2 heteroatoms. The van der Waals surface area contributed by atoms with Gasteiger partial charge in [-0.05, 0) is 17.5 Å². The molecule has 1 fully saturated rings. The molecule has 3 rings (SSSR count). The molecule has 0 radical (unpaired) electrons. The number of rotatable bonds is 4. The van der Waals surface area contributed by atoms with Gasteiger partial charge in [-0.3, -0.25) is 4.90 Å². The molecule has 2 nitrogen and oxygen atoms in total. The Morgan fingerprint density at radius 1 is 1.00 bits per heavy atom. The second-order valence-electron chi connectivity index (χ2n) is 5.27. The lowest BCUT2D eigenvalue weighted by Gasteiger charge is -2.45. The molecular weight excluding hydrogens is 244 g/mol. The lowest BCUT2D eigenvalue weighted by molar-refractivity contribution is 0.0604. The van der Waals surface area contributed by atoms with Gasteiger partial charge in [-0.1, -0.05) is 60.7 Å². The predicted octanol–water partition coefficient (Wildman–Crippen LogP) is 3.76. The van der Waals surface area contributed by atoms with Crippen molar-refractivity contribution in [3.8, 4) is 6.07 Å². The van der Waals surface area contributed by atoms with E-state index in [1.807, 2.05) is 0 Å². The summed E-state index contributed by atoms with van der Waals surface area (Å²) in [7, 11) is 0. The smallest absolute Gasteiger partial charge is 0.0638 e. The topological polar surface area (TPSA) is 27.0 Å². The SMILES string of the molecule is N#CCC1CCN1C(c1ccccc1)c1ccccc1. The quantitative estimate of drug-likeness (QED) is 0.838. The maximum absolute atomic E-state index is 8.97. The van der Waals surface area contributed by atoms with Crippen LogP contribution in [0.2, 0.25) is 0 Å². The van der Waals surface area contributed by atoms with Crippen molar-refractivity contribution in [3.63, 3.8) is 0 Å². The number of nitriles is 1. The third kappa shape index (κ3) is 2.45. The first kappa shape index (κ1) is 12.9. The Morgan fingerprint density at radius 2 is 1.55 bits per heavy atom. The summed E-state index contributed by atoms with van der Waals surface area (Å²) in [6.45, 7) is 1.07. The van der Waals surface area contributed by atoms with Crippen LogP contribution in [0.3, 0.4) is 0 Å². The van der Waals surface area contributed by atoms with E-state index in [0.717, 1.165) is 13.0 Å². The van der Waals surface area contributed by atoms with E-state index in [0.29, 0.717) is 12.5 Å². The van der Waals surface area contributed by atoms with Crippen LogP contribution >= 0.6 is 0 Å². The first-order valence-electron chi connectivity index (χ1n) is 7.12. The Morgan fingerprint density at radius 3 is 1.95 bits per heavy atom. The summed E-state index contributed by atoms with van der Waals surface area (Å²) in [4.78, 5) is 2.45. The number of likely N-dealkylation sites (tertiary alicyclic amines) is 1. The van der Waals surface area contributed by atoms with Gasteiger partial charge in [-0.2, -0.15) is 5.26 Å². The average Bonchev–Trinajstić information content (AvgIpc) is 2.50. The fraction of sp³-hybridized carbons (Fsp3) is 0.278. The summed E-state index contributed by atoms with van der Waals surface area (Å²) in [5, 5.41) is 8.97. The summed E-state index contributed by atoms with van der Waals surface area (Å²) in [5.74, 6) is 0. The predicted molar refractivity (Wildman–Crippen MR) is 80.1 cm³/mol. The Kier molecular flexibility index (Phi) is 3.80. The van der Waals surface area contributed by atoms with Gasteiger partial charge in [0.1, 0.15) is 0 Å². The van der Waals surface area contributed by atoms with Crippen molar-refractivity contribution in [2.24, 2.45) is 0 Å². The highest BCUT2D eigenvalue weighted by Gasteiger charge is 2.35. The second-order valence-corrected chi connectivity index (χ2v) is 5.27. The average molecular weight is 262 g/mol. The number of benzene rings is 2. The minimum Gasteiger partial charge on any atom is -0.288 e. The molecule has 1 unspecified atom stereocenters. The zero-order valence-corrected chi connectivity index (χ0v) is 11.4. The van der Waals surface area contributed by atoms with Crippen molar-refractivity contribution in [1.29, 1.82) is 5.26 Å². The van der Waals surface area contributed by atoms with Crippen molar-refractivity contribution in [3.05, 3.63) is 71.8 Å². The van der Waals surface area contributed by atoms with Crippen molar-refractivity contribution in [1.82, 2.24) is 4.90 Å². The van der Waals surface area contributed by atoms with Crippen LogP contribution in [0.1, 0.15) is 30.0 Å². The molecule has 100 valence electrons. The van der Waals surface area contributed by atoms with E-state index in [2.05, 4.69) is 71.6 Å². The van der Waals surface area contributed by atoms with Crippen LogP contribution < -0.4 is 0 Å². The van der Waals surface area contributed by atoms with Crippen molar-refractivity contribution in [2.45, 2.75) is 24.9 Å². The van der Waals surface area contributed by atoms with E-state index in [1.54, 1.807) is 0 Å². The maximum atomic E-state index is 8.97. The fourth-order valence-electron chi connectivity index (χ4n) is 2.97. The van der Waals surface area contributed by atoms with Gasteiger partial charge in [0, 0.05) is 12.6 Å². The molecule has 0 aromatic heterocycles. The number of nitrogens with zero attached hydrogens (tertiary/aromatic N) is 2. The third-order valence-electron chi connectivity index (χ3n) is 4.08. The van der Waals surface area contributed by atoms with Crippen LogP contribution in [0.15, 0.2) is 60.7 Å². The largest absolute Gasteiger partial charge is 0.288 e. The van der Waals surface area contributed by atoms with Crippen LogP contribution in [0.4, 0.5) is 0 Å². The number of hydrogen-bond acceptors (Lipinski definition) is 2. The molecule has 20 heavy (non-hydrogen) atoms. The molecule has 2 aromatic rings. The highest BCUT2D eigenvalue weighted by atomic mass is 15.2. The summed E-state index contributed by atoms with van der Waals surface area (Å²) in [6.07, 6.45) is 1.75. The van der Waals surface area contributed by atoms with Crippen LogP contribution in [-0.4, -0.2) is 17.5 Å². The van der Waals surface area contributed by atoms with Gasteiger partial charge in [-0.15, -0.1) is 0 Å². The van der Waals surface area contributed by atoms with E-state index in [-0.39, 0.29) is 6.04 Å². The Bertz CT molecular complexity index is 546. The minimum absolute atomic E-state index is 0.268. The summed E-state index contributed by atoms with van der Waals surface area (Å²) in [5.41, 5.74) is 2.61. The van der Waals surface area contributed by atoms with Gasteiger partial charge < -0.3 is 0 Å². The Balaban J connectivity index is 1.95. The number of hydrogen-bond donors (Lipinski definition) is 0. The Labute approximate surface area is 120 Å². The standard InChI is InChI=1S/C18H18N2/c19-13-11-17-12-14-20(17)18(15-7-3-1-4-8-15)16-9-5-2-6-10-16/h1-10,17-18H,11-12,14H2. The maximum Gasteiger partial charge on any atom is 0.0638 e. The van der Waals surface area contributed by atoms with Crippen molar-refractivity contribution in [2.75, 3.05) is 6.54 Å². The molecule has 1 aliphatic rings. The van der Waals surface area contributed by atoms with Gasteiger partial charge in [0.05, 0.1) is 18.5 Å². The van der Waals surface area contributed by atoms with E-state index < -0.39 is 0 Å². The van der Waals surface area contributed by atoms with Gasteiger partial charge in [0.2, 0.25) is 0 Å². The van der Waals surface area contributed by atoms with Crippen LogP contribution in [-0.2, 0) is 0 Å².